The van der Waals surface area contributed by atoms with E-state index in [0.29, 0.717) is 12.8 Å². The molecule has 3 heteroatoms. The maximum Gasteiger partial charge on any atom is 0.118 e. The summed E-state index contributed by atoms with van der Waals surface area (Å²) in [5.74, 6) is -2.32. The molecule has 1 N–H and O–H groups in total. The second-order valence-electron chi connectivity index (χ2n) is 5.34. The van der Waals surface area contributed by atoms with Crippen molar-refractivity contribution in [3.8, 4) is 5.75 Å². The fourth-order valence-corrected chi connectivity index (χ4v) is 2.69. The minimum absolute atomic E-state index is 0.219. The first-order valence-corrected chi connectivity index (χ1v) is 6.88. The van der Waals surface area contributed by atoms with Crippen molar-refractivity contribution in [1.82, 2.24) is 4.90 Å². The summed E-state index contributed by atoms with van der Waals surface area (Å²) in [5.41, 5.74) is -1.98. The van der Waals surface area contributed by atoms with Gasteiger partial charge in [-0.3, -0.25) is 0 Å². The van der Waals surface area contributed by atoms with E-state index in [2.05, 4.69) is 0 Å². The second kappa shape index (κ2) is 6.59. The van der Waals surface area contributed by atoms with Crippen LogP contribution in [-0.2, 0) is 0 Å². The maximum absolute atomic E-state index is 11.4. The number of aliphatic hydroxyl groups is 1. The molecule has 0 bridgehead atoms. The molecule has 0 spiro atoms. The molecule has 1 unspecified atom stereocenters. The molecule has 0 amide bonds. The van der Waals surface area contributed by atoms with E-state index in [-0.39, 0.29) is 24.2 Å². The van der Waals surface area contributed by atoms with Gasteiger partial charge < -0.3 is 14.7 Å². The molecule has 0 heterocycles. The zero-order valence-corrected chi connectivity index (χ0v) is 12.0. The molecule has 1 aromatic carbocycles. The van der Waals surface area contributed by atoms with E-state index in [9.17, 15) is 6.48 Å². The molecule has 1 aliphatic carbocycles. The molecule has 3 nitrogen and oxygen atoms in total. The average molecular weight is 285 g/mol. The number of hydrogen-bond donors (Lipinski definition) is 1. The van der Waals surface area contributed by atoms with E-state index in [1.165, 1.54) is 14.2 Å². The summed E-state index contributed by atoms with van der Waals surface area (Å²) in [4.78, 5) is 0.933. The SMILES string of the molecule is [2H]c1c([2H])c(C([2H])(CN(C)C([2H])([2H])[2H])C2(O)CCCCC2)c([2H])c([2H])c1OC. The van der Waals surface area contributed by atoms with Crippen molar-refractivity contribution in [1.29, 1.82) is 0 Å². The van der Waals surface area contributed by atoms with Gasteiger partial charge in [-0.2, -0.15) is 0 Å². The predicted octanol–water partition coefficient (Wildman–Crippen LogP) is 3.04. The topological polar surface area (TPSA) is 32.7 Å². The summed E-state index contributed by atoms with van der Waals surface area (Å²) < 4.78 is 70.0. The summed E-state index contributed by atoms with van der Waals surface area (Å²) in [5, 5.41) is 11.4. The Morgan fingerprint density at radius 1 is 1.40 bits per heavy atom. The van der Waals surface area contributed by atoms with E-state index in [1.54, 1.807) is 0 Å². The number of benzene rings is 1. The van der Waals surface area contributed by atoms with Crippen LogP contribution in [0.4, 0.5) is 0 Å². The van der Waals surface area contributed by atoms with Gasteiger partial charge in [0.2, 0.25) is 0 Å². The first-order valence-electron chi connectivity index (χ1n) is 10.9. The summed E-state index contributed by atoms with van der Waals surface area (Å²) in [6, 6.07) is -1.89. The van der Waals surface area contributed by atoms with Gasteiger partial charge in [0.1, 0.15) is 5.75 Å². The van der Waals surface area contributed by atoms with Crippen molar-refractivity contribution in [2.75, 3.05) is 27.7 Å². The van der Waals surface area contributed by atoms with E-state index >= 15 is 0 Å². The van der Waals surface area contributed by atoms with Gasteiger partial charge >= 0.3 is 0 Å². The third-order valence-electron chi connectivity index (χ3n) is 3.75. The molecule has 1 saturated carbocycles. The maximum atomic E-state index is 11.4. The summed E-state index contributed by atoms with van der Waals surface area (Å²) >= 11 is 0. The lowest BCUT2D eigenvalue weighted by atomic mass is 9.72. The molecule has 1 aliphatic rings. The van der Waals surface area contributed by atoms with Gasteiger partial charge in [-0.25, -0.2) is 0 Å². The number of ether oxygens (including phenoxy) is 1. The lowest BCUT2D eigenvalue weighted by Crippen LogP contribution is -2.42. The van der Waals surface area contributed by atoms with Gasteiger partial charge in [-0.1, -0.05) is 31.3 Å². The standard InChI is InChI=1S/C17H27NO2/c1-18(2)13-16(17(19)11-5-4-6-12-17)14-7-9-15(20-3)10-8-14/h7-10,16,19H,4-6,11-13H2,1-3H3/i1D3,7D,8D,9D,10D,16D. The van der Waals surface area contributed by atoms with Crippen molar-refractivity contribution in [3.05, 3.63) is 29.7 Å². The Morgan fingerprint density at radius 2 is 2.05 bits per heavy atom. The predicted molar refractivity (Wildman–Crippen MR) is 82.3 cm³/mol. The van der Waals surface area contributed by atoms with Crippen LogP contribution in [0.5, 0.6) is 5.75 Å². The highest BCUT2D eigenvalue weighted by atomic mass is 16.5. The Kier molecular flexibility index (Phi) is 2.57. The molecular formula is C17H27NO2. The molecule has 0 aliphatic heterocycles. The van der Waals surface area contributed by atoms with Crippen LogP contribution in [0.25, 0.3) is 0 Å². The van der Waals surface area contributed by atoms with Gasteiger partial charge in [0.05, 0.1) is 18.2 Å². The average Bonchev–Trinajstić information content (AvgIpc) is 2.60. The summed E-state index contributed by atoms with van der Waals surface area (Å²) in [6.45, 7) is -3.01. The Morgan fingerprint density at radius 3 is 2.60 bits per heavy atom. The highest BCUT2D eigenvalue weighted by Crippen LogP contribution is 2.40. The van der Waals surface area contributed by atoms with Crippen molar-refractivity contribution in [3.63, 3.8) is 0 Å². The zero-order chi connectivity index (χ0) is 21.5. The summed E-state index contributed by atoms with van der Waals surface area (Å²) in [7, 11) is 2.53. The minimum Gasteiger partial charge on any atom is -0.497 e. The fraction of sp³-hybridized carbons (Fsp3) is 0.647. The smallest absolute Gasteiger partial charge is 0.118 e. The Balaban J connectivity index is 2.76. The van der Waals surface area contributed by atoms with Crippen LogP contribution in [0.2, 0.25) is 0 Å². The third-order valence-corrected chi connectivity index (χ3v) is 3.75. The third kappa shape index (κ3) is 3.53. The van der Waals surface area contributed by atoms with E-state index in [1.807, 2.05) is 0 Å². The molecule has 1 atom stereocenters. The number of likely N-dealkylation sites (N-methyl/N-ethyl adjacent to an activating group) is 1. The lowest BCUT2D eigenvalue weighted by Gasteiger charge is -2.40. The highest BCUT2D eigenvalue weighted by molar-refractivity contribution is 5.31. The largest absolute Gasteiger partial charge is 0.497 e. The first-order chi connectivity index (χ1) is 12.8. The van der Waals surface area contributed by atoms with Crippen LogP contribution in [0, 0.1) is 0 Å². The van der Waals surface area contributed by atoms with Crippen molar-refractivity contribution < 1.29 is 20.8 Å². The van der Waals surface area contributed by atoms with Crippen LogP contribution >= 0.6 is 0 Å². The molecule has 0 saturated heterocycles. The molecule has 0 aromatic heterocycles. The second-order valence-corrected chi connectivity index (χ2v) is 5.34. The van der Waals surface area contributed by atoms with Crippen LogP contribution in [-0.4, -0.2) is 43.3 Å². The monoisotopic (exact) mass is 285 g/mol. The van der Waals surface area contributed by atoms with Crippen LogP contribution < -0.4 is 4.74 Å². The van der Waals surface area contributed by atoms with Crippen LogP contribution in [0.3, 0.4) is 0 Å². The van der Waals surface area contributed by atoms with Crippen molar-refractivity contribution in [2.45, 2.75) is 43.6 Å². The number of rotatable bonds is 5. The molecule has 0 radical (unpaired) electrons. The summed E-state index contributed by atoms with van der Waals surface area (Å²) in [6.07, 6.45) is 2.57. The van der Waals surface area contributed by atoms with Gasteiger partial charge in [-0.15, -0.1) is 0 Å². The number of methoxy groups -OCH3 is 1. The Hall–Kier alpha value is -1.06. The van der Waals surface area contributed by atoms with Gasteiger partial charge in [0.15, 0.2) is 0 Å². The van der Waals surface area contributed by atoms with Crippen molar-refractivity contribution >= 4 is 0 Å². The normalized spacial score (nSPS) is 27.8. The van der Waals surface area contributed by atoms with Gasteiger partial charge in [0, 0.05) is 17.9 Å². The number of nitrogens with zero attached hydrogens (tertiary/aromatic N) is 1. The van der Waals surface area contributed by atoms with E-state index in [0.717, 1.165) is 11.3 Å². The van der Waals surface area contributed by atoms with Crippen molar-refractivity contribution in [2.24, 2.45) is 0 Å². The number of hydrogen-bond acceptors (Lipinski definition) is 3. The first kappa shape index (κ1) is 7.81. The van der Waals surface area contributed by atoms with Crippen LogP contribution in [0.1, 0.15) is 54.5 Å². The Bertz CT molecular complexity index is 704. The lowest BCUT2D eigenvalue weighted by molar-refractivity contribution is -0.0277. The molecule has 1 aromatic rings. The molecular weight excluding hydrogens is 250 g/mol. The van der Waals surface area contributed by atoms with Crippen LogP contribution in [0.15, 0.2) is 24.2 Å². The molecule has 1 fully saturated rings. The van der Waals surface area contributed by atoms with Gasteiger partial charge in [-0.05, 0) is 44.5 Å². The van der Waals surface area contributed by atoms with E-state index in [4.69, 9.17) is 14.3 Å². The quantitative estimate of drug-likeness (QED) is 0.902. The fourth-order valence-electron chi connectivity index (χ4n) is 2.69. The minimum atomic E-state index is -2.54. The highest BCUT2D eigenvalue weighted by Gasteiger charge is 2.38. The Labute approximate surface area is 133 Å². The zero-order valence-electron chi connectivity index (χ0n) is 20.0. The van der Waals surface area contributed by atoms with Gasteiger partial charge in [0.25, 0.3) is 0 Å². The molecule has 20 heavy (non-hydrogen) atoms. The molecule has 112 valence electrons. The van der Waals surface area contributed by atoms with E-state index < -0.39 is 49.2 Å². The molecule has 2 rings (SSSR count).